The average Bonchev–Trinajstić information content (AvgIpc) is 3.37. The van der Waals surface area contributed by atoms with Crippen molar-refractivity contribution in [1.82, 2.24) is 10.2 Å². The third-order valence-electron chi connectivity index (χ3n) is 6.00. The molecule has 2 heterocycles. The molecule has 3 aromatic carbocycles. The lowest BCUT2D eigenvalue weighted by Crippen LogP contribution is -2.31. The molecule has 0 radical (unpaired) electrons. The van der Waals surface area contributed by atoms with Crippen LogP contribution in [0.2, 0.25) is 0 Å². The van der Waals surface area contributed by atoms with Crippen LogP contribution in [0.4, 0.5) is 5.69 Å². The second-order valence-corrected chi connectivity index (χ2v) is 12.9. The van der Waals surface area contributed by atoms with Gasteiger partial charge in [-0.2, -0.15) is 0 Å². The summed E-state index contributed by atoms with van der Waals surface area (Å²) in [5, 5.41) is 18.6. The number of hydrogen-bond acceptors (Lipinski definition) is 9. The van der Waals surface area contributed by atoms with Crippen LogP contribution in [0.5, 0.6) is 0 Å². The molecule has 0 spiro atoms. The van der Waals surface area contributed by atoms with Gasteiger partial charge >= 0.3 is 0 Å². The average molecular weight is 570 g/mol. The molecule has 0 saturated carbocycles. The zero-order chi connectivity index (χ0) is 26.5. The SMILES string of the molecule is Cc1nnc(SCC2CC(c3ccc(CO)cc3)OC(c3ccc(NS(=O)(=O)c4ccccc4)cc3)O2)s1. The minimum atomic E-state index is -3.69. The molecule has 5 rings (SSSR count). The Labute approximate surface area is 230 Å². The number of aromatic nitrogens is 2. The summed E-state index contributed by atoms with van der Waals surface area (Å²) in [6.45, 7) is 1.91. The fraction of sp³-hybridized carbons (Fsp3) is 0.259. The van der Waals surface area contributed by atoms with Gasteiger partial charge < -0.3 is 14.6 Å². The lowest BCUT2D eigenvalue weighted by Gasteiger charge is -2.36. The van der Waals surface area contributed by atoms with Gasteiger partial charge in [-0.3, -0.25) is 4.72 Å². The lowest BCUT2D eigenvalue weighted by molar-refractivity contribution is -0.245. The summed E-state index contributed by atoms with van der Waals surface area (Å²) < 4.78 is 41.6. The van der Waals surface area contributed by atoms with Crippen LogP contribution in [-0.2, 0) is 26.1 Å². The minimum absolute atomic E-state index is 0.0154. The van der Waals surface area contributed by atoms with E-state index in [1.165, 1.54) is 0 Å². The number of sulfonamides is 1. The normalized spacial score (nSPS) is 19.8. The van der Waals surface area contributed by atoms with Crippen molar-refractivity contribution in [1.29, 1.82) is 0 Å². The quantitative estimate of drug-likeness (QED) is 0.255. The molecule has 8 nitrogen and oxygen atoms in total. The first kappa shape index (κ1) is 26.8. The highest BCUT2D eigenvalue weighted by Gasteiger charge is 2.32. The van der Waals surface area contributed by atoms with Gasteiger partial charge in [-0.15, -0.1) is 10.2 Å². The standard InChI is InChI=1S/C27H27N3O5S3/c1-18-28-29-27(37-18)36-17-23-15-25(20-9-7-19(16-31)8-10-20)35-26(34-23)21-11-13-22(14-12-21)30-38(32,33)24-5-3-2-4-6-24/h2-14,23,25-26,30-31H,15-17H2,1H3. The Morgan fingerprint density at radius 3 is 2.34 bits per heavy atom. The van der Waals surface area contributed by atoms with Crippen molar-refractivity contribution >= 4 is 38.8 Å². The fourth-order valence-corrected chi connectivity index (χ4v) is 6.98. The second-order valence-electron chi connectivity index (χ2n) is 8.79. The molecular formula is C27H27N3O5S3. The molecule has 38 heavy (non-hydrogen) atoms. The first-order valence-electron chi connectivity index (χ1n) is 12.0. The fourth-order valence-electron chi connectivity index (χ4n) is 4.05. The molecule has 3 unspecified atom stereocenters. The number of nitrogens with one attached hydrogen (secondary N) is 1. The van der Waals surface area contributed by atoms with Gasteiger partial charge in [0.2, 0.25) is 0 Å². The number of benzene rings is 3. The van der Waals surface area contributed by atoms with Gasteiger partial charge in [0, 0.05) is 23.4 Å². The largest absolute Gasteiger partial charge is 0.392 e. The Bertz CT molecular complexity index is 1450. The number of thioether (sulfide) groups is 1. The van der Waals surface area contributed by atoms with Gasteiger partial charge in [-0.05, 0) is 42.3 Å². The molecule has 0 bridgehead atoms. The molecule has 1 aromatic heterocycles. The smallest absolute Gasteiger partial charge is 0.261 e. The van der Waals surface area contributed by atoms with Crippen molar-refractivity contribution in [2.45, 2.75) is 47.7 Å². The summed E-state index contributed by atoms with van der Waals surface area (Å²) in [5.74, 6) is 0.689. The maximum Gasteiger partial charge on any atom is 0.261 e. The van der Waals surface area contributed by atoms with Crippen LogP contribution in [-0.4, -0.2) is 35.6 Å². The number of nitrogens with zero attached hydrogens (tertiary/aromatic N) is 2. The van der Waals surface area contributed by atoms with Crippen molar-refractivity contribution in [3.63, 3.8) is 0 Å². The van der Waals surface area contributed by atoms with Crippen LogP contribution in [0.15, 0.2) is 88.1 Å². The van der Waals surface area contributed by atoms with Crippen LogP contribution in [0.1, 0.15) is 40.5 Å². The van der Waals surface area contributed by atoms with Gasteiger partial charge in [-0.25, -0.2) is 8.42 Å². The Balaban J connectivity index is 1.33. The van der Waals surface area contributed by atoms with E-state index in [9.17, 15) is 13.5 Å². The van der Waals surface area contributed by atoms with Gasteiger partial charge in [-0.1, -0.05) is 77.7 Å². The summed E-state index contributed by atoms with van der Waals surface area (Å²) >= 11 is 3.16. The van der Waals surface area contributed by atoms with Gasteiger partial charge in [0.15, 0.2) is 10.6 Å². The highest BCUT2D eigenvalue weighted by Crippen LogP contribution is 2.40. The number of ether oxygens (including phenoxy) is 2. The Hall–Kier alpha value is -2.80. The number of anilines is 1. The molecule has 1 saturated heterocycles. The maximum atomic E-state index is 12.7. The van der Waals surface area contributed by atoms with E-state index in [1.807, 2.05) is 43.3 Å². The zero-order valence-electron chi connectivity index (χ0n) is 20.6. The molecule has 1 aliphatic heterocycles. The van der Waals surface area contributed by atoms with Crippen LogP contribution >= 0.6 is 23.1 Å². The molecule has 11 heteroatoms. The Morgan fingerprint density at radius 1 is 0.974 bits per heavy atom. The number of hydrogen-bond donors (Lipinski definition) is 2. The van der Waals surface area contributed by atoms with Crippen LogP contribution in [0.3, 0.4) is 0 Å². The Kier molecular flexibility index (Phi) is 8.42. The summed E-state index contributed by atoms with van der Waals surface area (Å²) in [6.07, 6.45) is -0.289. The third-order valence-corrected chi connectivity index (χ3v) is 9.50. The van der Waals surface area contributed by atoms with Gasteiger partial charge in [0.05, 0.1) is 23.7 Å². The van der Waals surface area contributed by atoms with Gasteiger partial charge in [0.1, 0.15) is 5.01 Å². The zero-order valence-corrected chi connectivity index (χ0v) is 23.0. The van der Waals surface area contributed by atoms with E-state index in [0.717, 1.165) is 26.0 Å². The van der Waals surface area contributed by atoms with Gasteiger partial charge in [0.25, 0.3) is 10.0 Å². The van der Waals surface area contributed by atoms with Crippen molar-refractivity contribution in [2.75, 3.05) is 10.5 Å². The van der Waals surface area contributed by atoms with E-state index in [4.69, 9.17) is 9.47 Å². The van der Waals surface area contributed by atoms with Crippen LogP contribution in [0.25, 0.3) is 0 Å². The monoisotopic (exact) mass is 569 g/mol. The topological polar surface area (TPSA) is 111 Å². The molecule has 4 aromatic rings. The minimum Gasteiger partial charge on any atom is -0.392 e. The summed E-state index contributed by atoms with van der Waals surface area (Å²) in [5.41, 5.74) is 3.07. The first-order valence-corrected chi connectivity index (χ1v) is 15.3. The third kappa shape index (κ3) is 6.60. The number of aryl methyl sites for hydroxylation is 1. The van der Waals surface area contributed by atoms with E-state index >= 15 is 0 Å². The van der Waals surface area contributed by atoms with Crippen molar-refractivity contribution < 1.29 is 23.0 Å². The van der Waals surface area contributed by atoms with Crippen molar-refractivity contribution in [3.8, 4) is 0 Å². The highest BCUT2D eigenvalue weighted by atomic mass is 32.2. The highest BCUT2D eigenvalue weighted by molar-refractivity contribution is 8.01. The predicted octanol–water partition coefficient (Wildman–Crippen LogP) is 5.48. The van der Waals surface area contributed by atoms with E-state index in [2.05, 4.69) is 14.9 Å². The van der Waals surface area contributed by atoms with Crippen molar-refractivity contribution in [3.05, 3.63) is 101 Å². The predicted molar refractivity (Wildman–Crippen MR) is 147 cm³/mol. The van der Waals surface area contributed by atoms with Crippen LogP contribution < -0.4 is 4.72 Å². The summed E-state index contributed by atoms with van der Waals surface area (Å²) in [7, 11) is -3.69. The summed E-state index contributed by atoms with van der Waals surface area (Å²) in [4.78, 5) is 0.198. The second kappa shape index (κ2) is 11.9. The molecule has 0 amide bonds. The molecule has 3 atom stereocenters. The van der Waals surface area contributed by atoms with E-state index in [0.29, 0.717) is 17.9 Å². The summed E-state index contributed by atoms with van der Waals surface area (Å²) in [6, 6.07) is 23.0. The maximum absolute atomic E-state index is 12.7. The van der Waals surface area contributed by atoms with Crippen LogP contribution in [0, 0.1) is 6.92 Å². The van der Waals surface area contributed by atoms with E-state index < -0.39 is 16.3 Å². The molecule has 198 valence electrons. The number of aliphatic hydroxyl groups excluding tert-OH is 1. The first-order chi connectivity index (χ1) is 18.4. The Morgan fingerprint density at radius 2 is 1.68 bits per heavy atom. The lowest BCUT2D eigenvalue weighted by atomic mass is 10.0. The number of rotatable bonds is 9. The number of aliphatic hydroxyl groups is 1. The van der Waals surface area contributed by atoms with E-state index in [-0.39, 0.29) is 23.7 Å². The van der Waals surface area contributed by atoms with Crippen molar-refractivity contribution in [2.24, 2.45) is 0 Å². The molecule has 1 aliphatic rings. The molecule has 0 aliphatic carbocycles. The molecule has 1 fully saturated rings. The molecule has 2 N–H and O–H groups in total. The molecular weight excluding hydrogens is 543 g/mol. The van der Waals surface area contributed by atoms with E-state index in [1.54, 1.807) is 65.6 Å².